The van der Waals surface area contributed by atoms with Gasteiger partial charge in [-0.05, 0) is 30.6 Å². The van der Waals surface area contributed by atoms with Gasteiger partial charge in [0.2, 0.25) is 5.91 Å². The molecule has 1 spiro atoms. The van der Waals surface area contributed by atoms with Gasteiger partial charge in [-0.25, -0.2) is 4.98 Å². The van der Waals surface area contributed by atoms with Crippen LogP contribution in [0.3, 0.4) is 0 Å². The predicted molar refractivity (Wildman–Crippen MR) is 90.1 cm³/mol. The maximum Gasteiger partial charge on any atom is 0.222 e. The van der Waals surface area contributed by atoms with Crippen molar-refractivity contribution in [1.29, 1.82) is 0 Å². The number of rotatable bonds is 5. The lowest BCUT2D eigenvalue weighted by molar-refractivity contribution is -0.131. The molecule has 1 N–H and O–H groups in total. The molecule has 1 atom stereocenters. The molecule has 2 aliphatic rings. The Morgan fingerprint density at radius 2 is 2.13 bits per heavy atom. The third-order valence-electron chi connectivity index (χ3n) is 5.53. The zero-order chi connectivity index (χ0) is 16.4. The first-order valence-electron chi connectivity index (χ1n) is 9.23. The SMILES string of the molecule is CCCc1nc(C2CN(C(=O)CC(C)C)CC23CCCC3)n[nH]1. The molecule has 3 rings (SSSR count). The van der Waals surface area contributed by atoms with Gasteiger partial charge >= 0.3 is 0 Å². The molecule has 128 valence electrons. The Bertz CT molecular complexity index is 545. The minimum Gasteiger partial charge on any atom is -0.341 e. The second-order valence-corrected chi connectivity index (χ2v) is 7.88. The molecule has 1 saturated heterocycles. The minimum absolute atomic E-state index is 0.221. The van der Waals surface area contributed by atoms with Crippen LogP contribution in [0.5, 0.6) is 0 Å². The van der Waals surface area contributed by atoms with Crippen LogP contribution in [0.25, 0.3) is 0 Å². The molecule has 1 aliphatic carbocycles. The van der Waals surface area contributed by atoms with Crippen molar-refractivity contribution in [1.82, 2.24) is 20.1 Å². The number of carbonyl (C=O) groups is 1. The highest BCUT2D eigenvalue weighted by molar-refractivity contribution is 5.77. The van der Waals surface area contributed by atoms with Crippen LogP contribution in [0.15, 0.2) is 0 Å². The van der Waals surface area contributed by atoms with Crippen LogP contribution >= 0.6 is 0 Å². The second-order valence-electron chi connectivity index (χ2n) is 7.88. The second kappa shape index (κ2) is 6.62. The molecular formula is C18H30N4O. The van der Waals surface area contributed by atoms with E-state index in [4.69, 9.17) is 4.98 Å². The summed E-state index contributed by atoms with van der Waals surface area (Å²) in [6.07, 6.45) is 7.63. The van der Waals surface area contributed by atoms with E-state index in [0.29, 0.717) is 24.2 Å². The summed E-state index contributed by atoms with van der Waals surface area (Å²) in [5.74, 6) is 2.96. The van der Waals surface area contributed by atoms with Crippen molar-refractivity contribution in [3.63, 3.8) is 0 Å². The van der Waals surface area contributed by atoms with Crippen molar-refractivity contribution in [2.75, 3.05) is 13.1 Å². The zero-order valence-corrected chi connectivity index (χ0v) is 14.8. The molecule has 5 nitrogen and oxygen atoms in total. The highest BCUT2D eigenvalue weighted by Gasteiger charge is 2.51. The van der Waals surface area contributed by atoms with Crippen LogP contribution in [0.2, 0.25) is 0 Å². The Morgan fingerprint density at radius 1 is 1.39 bits per heavy atom. The Balaban J connectivity index is 1.80. The maximum atomic E-state index is 12.6. The largest absolute Gasteiger partial charge is 0.341 e. The van der Waals surface area contributed by atoms with E-state index in [9.17, 15) is 4.79 Å². The number of aryl methyl sites for hydroxylation is 1. The molecule has 1 unspecified atom stereocenters. The van der Waals surface area contributed by atoms with Crippen molar-refractivity contribution in [2.45, 2.75) is 71.6 Å². The van der Waals surface area contributed by atoms with Crippen LogP contribution in [-0.4, -0.2) is 39.1 Å². The smallest absolute Gasteiger partial charge is 0.222 e. The lowest BCUT2D eigenvalue weighted by Crippen LogP contribution is -2.31. The van der Waals surface area contributed by atoms with Gasteiger partial charge in [0.25, 0.3) is 0 Å². The fourth-order valence-electron chi connectivity index (χ4n) is 4.39. The maximum absolute atomic E-state index is 12.6. The number of hydrogen-bond acceptors (Lipinski definition) is 3. The molecule has 1 aliphatic heterocycles. The van der Waals surface area contributed by atoms with Gasteiger partial charge < -0.3 is 4.90 Å². The van der Waals surface area contributed by atoms with Gasteiger partial charge in [0.15, 0.2) is 5.82 Å². The van der Waals surface area contributed by atoms with E-state index < -0.39 is 0 Å². The number of likely N-dealkylation sites (tertiary alicyclic amines) is 1. The van der Waals surface area contributed by atoms with Gasteiger partial charge in [-0.15, -0.1) is 0 Å². The molecule has 0 bridgehead atoms. The fraction of sp³-hybridized carbons (Fsp3) is 0.833. The molecule has 23 heavy (non-hydrogen) atoms. The third kappa shape index (κ3) is 3.29. The van der Waals surface area contributed by atoms with Crippen LogP contribution in [-0.2, 0) is 11.2 Å². The Morgan fingerprint density at radius 3 is 2.78 bits per heavy atom. The monoisotopic (exact) mass is 318 g/mol. The average Bonchev–Trinajstić information content (AvgIpc) is 3.20. The first-order valence-corrected chi connectivity index (χ1v) is 9.23. The Kier molecular flexibility index (Phi) is 4.74. The number of aromatic amines is 1. The summed E-state index contributed by atoms with van der Waals surface area (Å²) in [4.78, 5) is 19.4. The van der Waals surface area contributed by atoms with E-state index in [2.05, 4.69) is 35.9 Å². The number of nitrogens with zero attached hydrogens (tertiary/aromatic N) is 3. The van der Waals surface area contributed by atoms with E-state index in [0.717, 1.165) is 37.6 Å². The Hall–Kier alpha value is -1.39. The Labute approximate surface area is 139 Å². The summed E-state index contributed by atoms with van der Waals surface area (Å²) >= 11 is 0. The highest BCUT2D eigenvalue weighted by Crippen LogP contribution is 2.52. The highest BCUT2D eigenvalue weighted by atomic mass is 16.2. The van der Waals surface area contributed by atoms with Gasteiger partial charge in [-0.3, -0.25) is 9.89 Å². The summed E-state index contributed by atoms with van der Waals surface area (Å²) in [5.41, 5.74) is 0.221. The summed E-state index contributed by atoms with van der Waals surface area (Å²) in [7, 11) is 0. The van der Waals surface area contributed by atoms with Crippen molar-refractivity contribution >= 4 is 5.91 Å². The summed E-state index contributed by atoms with van der Waals surface area (Å²) in [5, 5.41) is 7.62. The van der Waals surface area contributed by atoms with Gasteiger partial charge in [-0.2, -0.15) is 5.10 Å². The van der Waals surface area contributed by atoms with E-state index in [1.165, 1.54) is 25.7 Å². The predicted octanol–water partition coefficient (Wildman–Crippen LogP) is 3.29. The minimum atomic E-state index is 0.221. The van der Waals surface area contributed by atoms with Crippen molar-refractivity contribution in [3.8, 4) is 0 Å². The summed E-state index contributed by atoms with van der Waals surface area (Å²) < 4.78 is 0. The average molecular weight is 318 g/mol. The van der Waals surface area contributed by atoms with Crippen LogP contribution in [0.1, 0.15) is 76.9 Å². The number of amides is 1. The lowest BCUT2D eigenvalue weighted by atomic mass is 9.76. The van der Waals surface area contributed by atoms with Crippen molar-refractivity contribution in [2.24, 2.45) is 11.3 Å². The number of carbonyl (C=O) groups excluding carboxylic acids is 1. The first-order chi connectivity index (χ1) is 11.0. The number of H-pyrrole nitrogens is 1. The lowest BCUT2D eigenvalue weighted by Gasteiger charge is -2.28. The zero-order valence-electron chi connectivity index (χ0n) is 14.8. The molecular weight excluding hydrogens is 288 g/mol. The fourth-order valence-corrected chi connectivity index (χ4v) is 4.39. The number of hydrogen-bond donors (Lipinski definition) is 1. The standard InChI is InChI=1S/C18H30N4O/c1-4-7-15-19-17(21-20-15)14-11-22(16(23)10-13(2)3)12-18(14)8-5-6-9-18/h13-14H,4-12H2,1-3H3,(H,19,20,21). The summed E-state index contributed by atoms with van der Waals surface area (Å²) in [6.45, 7) is 8.09. The normalized spacial score (nSPS) is 23.3. The molecule has 0 radical (unpaired) electrons. The van der Waals surface area contributed by atoms with E-state index in [-0.39, 0.29) is 5.41 Å². The topological polar surface area (TPSA) is 61.9 Å². The van der Waals surface area contributed by atoms with E-state index in [1.54, 1.807) is 0 Å². The molecule has 2 heterocycles. The first kappa shape index (κ1) is 16.5. The van der Waals surface area contributed by atoms with Crippen LogP contribution in [0.4, 0.5) is 0 Å². The summed E-state index contributed by atoms with van der Waals surface area (Å²) in [6, 6.07) is 0. The third-order valence-corrected chi connectivity index (χ3v) is 5.53. The van der Waals surface area contributed by atoms with Gasteiger partial charge in [0.05, 0.1) is 0 Å². The molecule has 1 aromatic rings. The quantitative estimate of drug-likeness (QED) is 0.906. The molecule has 1 saturated carbocycles. The van der Waals surface area contributed by atoms with Crippen LogP contribution < -0.4 is 0 Å². The van der Waals surface area contributed by atoms with E-state index in [1.807, 2.05) is 0 Å². The molecule has 5 heteroatoms. The van der Waals surface area contributed by atoms with Gasteiger partial charge in [-0.1, -0.05) is 33.6 Å². The van der Waals surface area contributed by atoms with Crippen LogP contribution in [0, 0.1) is 11.3 Å². The molecule has 2 fully saturated rings. The molecule has 1 aromatic heterocycles. The van der Waals surface area contributed by atoms with Gasteiger partial charge in [0, 0.05) is 31.8 Å². The van der Waals surface area contributed by atoms with Gasteiger partial charge in [0.1, 0.15) is 5.82 Å². The number of nitrogens with one attached hydrogen (secondary N) is 1. The van der Waals surface area contributed by atoms with Crippen molar-refractivity contribution < 1.29 is 4.79 Å². The molecule has 0 aromatic carbocycles. The van der Waals surface area contributed by atoms with Crippen molar-refractivity contribution in [3.05, 3.63) is 11.6 Å². The molecule has 1 amide bonds. The number of aromatic nitrogens is 3. The van der Waals surface area contributed by atoms with E-state index >= 15 is 0 Å².